The second-order valence-corrected chi connectivity index (χ2v) is 6.21. The fourth-order valence-electron chi connectivity index (χ4n) is 2.04. The lowest BCUT2D eigenvalue weighted by atomic mass is 10.3. The van der Waals surface area contributed by atoms with E-state index >= 15 is 0 Å². The van der Waals surface area contributed by atoms with Crippen LogP contribution in [0.3, 0.4) is 0 Å². The van der Waals surface area contributed by atoms with Crippen molar-refractivity contribution in [2.75, 3.05) is 10.5 Å². The van der Waals surface area contributed by atoms with Crippen molar-refractivity contribution >= 4 is 32.5 Å². The number of aryl methyl sites for hydroxylation is 1. The molecule has 21 heavy (non-hydrogen) atoms. The Hall–Kier alpha value is -2.54. The number of para-hydroxylation sites is 1. The number of rotatable bonds is 3. The number of fused-ring (bicyclic) bond motifs is 1. The molecule has 1 aromatic heterocycles. The molecule has 0 aliphatic carbocycles. The van der Waals surface area contributed by atoms with E-state index in [1.54, 1.807) is 43.3 Å². The summed E-state index contributed by atoms with van der Waals surface area (Å²) < 4.78 is 32.5. The molecule has 0 bridgehead atoms. The number of nitrogens with one attached hydrogen (secondary N) is 1. The summed E-state index contributed by atoms with van der Waals surface area (Å²) in [6, 6.07) is 11.2. The quantitative estimate of drug-likeness (QED) is 0.724. The fraction of sp³-hybridized carbons (Fsp3) is 0.0714. The van der Waals surface area contributed by atoms with Gasteiger partial charge in [0.05, 0.1) is 11.4 Å². The van der Waals surface area contributed by atoms with E-state index in [1.165, 1.54) is 6.07 Å². The maximum absolute atomic E-state index is 12.3. The van der Waals surface area contributed by atoms with E-state index in [0.29, 0.717) is 22.7 Å². The van der Waals surface area contributed by atoms with E-state index in [-0.39, 0.29) is 10.6 Å². The number of aromatic nitrogens is 1. The van der Waals surface area contributed by atoms with Crippen LogP contribution in [0.15, 0.2) is 51.8 Å². The molecule has 0 aliphatic heterocycles. The van der Waals surface area contributed by atoms with Crippen molar-refractivity contribution in [3.05, 3.63) is 48.4 Å². The molecule has 0 spiro atoms. The van der Waals surface area contributed by atoms with Gasteiger partial charge in [-0.05, 0) is 30.3 Å². The molecule has 3 N–H and O–H groups in total. The van der Waals surface area contributed by atoms with E-state index in [0.717, 1.165) is 0 Å². The Kier molecular flexibility index (Phi) is 3.06. The van der Waals surface area contributed by atoms with Crippen molar-refractivity contribution in [3.63, 3.8) is 0 Å². The molecule has 6 nitrogen and oxygen atoms in total. The highest BCUT2D eigenvalue weighted by Crippen LogP contribution is 2.24. The van der Waals surface area contributed by atoms with Gasteiger partial charge >= 0.3 is 0 Å². The molecule has 3 aromatic rings. The number of benzene rings is 2. The third-order valence-electron chi connectivity index (χ3n) is 2.96. The number of nitrogen functional groups attached to an aromatic ring is 1. The number of hydrogen-bond donors (Lipinski definition) is 2. The number of nitrogens with zero attached hydrogens (tertiary/aromatic N) is 1. The summed E-state index contributed by atoms with van der Waals surface area (Å²) in [5.74, 6) is 0.525. The Morgan fingerprint density at radius 2 is 1.95 bits per heavy atom. The van der Waals surface area contributed by atoms with Gasteiger partial charge in [0.15, 0.2) is 11.5 Å². The van der Waals surface area contributed by atoms with Crippen LogP contribution in [0.2, 0.25) is 0 Å². The van der Waals surface area contributed by atoms with Gasteiger partial charge in [0.25, 0.3) is 10.0 Å². The van der Waals surface area contributed by atoms with Gasteiger partial charge in [-0.1, -0.05) is 12.1 Å². The Morgan fingerprint density at radius 1 is 1.19 bits per heavy atom. The van der Waals surface area contributed by atoms with Gasteiger partial charge in [0.1, 0.15) is 10.4 Å². The first kappa shape index (κ1) is 13.4. The number of hydrogen-bond acceptors (Lipinski definition) is 5. The van der Waals surface area contributed by atoms with Crippen molar-refractivity contribution in [1.82, 2.24) is 4.98 Å². The Morgan fingerprint density at radius 3 is 2.71 bits per heavy atom. The minimum Gasteiger partial charge on any atom is -0.441 e. The fourth-order valence-corrected chi connectivity index (χ4v) is 3.22. The third kappa shape index (κ3) is 2.55. The molecule has 0 amide bonds. The zero-order valence-corrected chi connectivity index (χ0v) is 12.0. The molecule has 0 saturated heterocycles. The molecular formula is C14H13N3O3S. The van der Waals surface area contributed by atoms with Crippen molar-refractivity contribution in [1.29, 1.82) is 0 Å². The second kappa shape index (κ2) is 4.78. The van der Waals surface area contributed by atoms with Gasteiger partial charge in [-0.15, -0.1) is 0 Å². The van der Waals surface area contributed by atoms with Gasteiger partial charge in [-0.25, -0.2) is 13.4 Å². The molecule has 0 fully saturated rings. The lowest BCUT2D eigenvalue weighted by molar-refractivity contribution is 0.561. The smallest absolute Gasteiger partial charge is 0.263 e. The first-order chi connectivity index (χ1) is 9.95. The highest BCUT2D eigenvalue weighted by atomic mass is 32.2. The number of sulfonamides is 1. The first-order valence-corrected chi connectivity index (χ1v) is 7.68. The van der Waals surface area contributed by atoms with Gasteiger partial charge in [-0.2, -0.15) is 0 Å². The van der Waals surface area contributed by atoms with Crippen LogP contribution in [0.5, 0.6) is 0 Å². The van der Waals surface area contributed by atoms with Gasteiger partial charge in [0.2, 0.25) is 0 Å². The zero-order chi connectivity index (χ0) is 15.0. The Bertz CT molecular complexity index is 916. The monoisotopic (exact) mass is 303 g/mol. The SMILES string of the molecule is Cc1nc2cc(NS(=O)(=O)c3ccccc3N)ccc2o1. The molecule has 7 heteroatoms. The van der Waals surface area contributed by atoms with E-state index in [1.807, 2.05) is 0 Å². The Balaban J connectivity index is 1.99. The first-order valence-electron chi connectivity index (χ1n) is 6.20. The van der Waals surface area contributed by atoms with Gasteiger partial charge in [0, 0.05) is 6.92 Å². The molecular weight excluding hydrogens is 290 g/mol. The highest BCUT2D eigenvalue weighted by molar-refractivity contribution is 7.92. The van der Waals surface area contributed by atoms with Crippen molar-refractivity contribution < 1.29 is 12.8 Å². The van der Waals surface area contributed by atoms with Crippen LogP contribution in [0.25, 0.3) is 11.1 Å². The van der Waals surface area contributed by atoms with E-state index in [2.05, 4.69) is 9.71 Å². The minimum absolute atomic E-state index is 0.0430. The minimum atomic E-state index is -3.74. The van der Waals surface area contributed by atoms with Gasteiger partial charge < -0.3 is 10.2 Å². The number of oxazole rings is 1. The van der Waals surface area contributed by atoms with Crippen molar-refractivity contribution in [3.8, 4) is 0 Å². The molecule has 3 rings (SSSR count). The maximum atomic E-state index is 12.3. The topological polar surface area (TPSA) is 98.2 Å². The molecule has 1 heterocycles. The molecule has 0 saturated carbocycles. The highest BCUT2D eigenvalue weighted by Gasteiger charge is 2.17. The van der Waals surface area contributed by atoms with Crippen LogP contribution < -0.4 is 10.5 Å². The predicted molar refractivity (Wildman–Crippen MR) is 80.4 cm³/mol. The van der Waals surface area contributed by atoms with Crippen LogP contribution in [0.1, 0.15) is 5.89 Å². The summed E-state index contributed by atoms with van der Waals surface area (Å²) in [5, 5.41) is 0. The summed E-state index contributed by atoms with van der Waals surface area (Å²) in [6.07, 6.45) is 0. The molecule has 0 atom stereocenters. The third-order valence-corrected chi connectivity index (χ3v) is 4.41. The number of anilines is 2. The largest absolute Gasteiger partial charge is 0.441 e. The predicted octanol–water partition coefficient (Wildman–Crippen LogP) is 2.52. The van der Waals surface area contributed by atoms with Crippen molar-refractivity contribution in [2.24, 2.45) is 0 Å². The molecule has 0 radical (unpaired) electrons. The molecule has 0 aliphatic rings. The number of nitrogens with two attached hydrogens (primary N) is 1. The summed E-state index contributed by atoms with van der Waals surface area (Å²) >= 11 is 0. The summed E-state index contributed by atoms with van der Waals surface area (Å²) in [4.78, 5) is 4.21. The van der Waals surface area contributed by atoms with Crippen LogP contribution >= 0.6 is 0 Å². The van der Waals surface area contributed by atoms with E-state index in [4.69, 9.17) is 10.2 Å². The molecule has 108 valence electrons. The summed E-state index contributed by atoms with van der Waals surface area (Å²) in [7, 11) is -3.74. The molecule has 2 aromatic carbocycles. The van der Waals surface area contributed by atoms with Crippen LogP contribution in [-0.2, 0) is 10.0 Å². The Labute approximate surface area is 121 Å². The average Bonchev–Trinajstić information content (AvgIpc) is 2.78. The van der Waals surface area contributed by atoms with Crippen molar-refractivity contribution in [2.45, 2.75) is 11.8 Å². The van der Waals surface area contributed by atoms with E-state index < -0.39 is 10.0 Å². The van der Waals surface area contributed by atoms with E-state index in [9.17, 15) is 8.42 Å². The summed E-state index contributed by atoms with van der Waals surface area (Å²) in [6.45, 7) is 1.73. The average molecular weight is 303 g/mol. The summed E-state index contributed by atoms with van der Waals surface area (Å²) in [5.41, 5.74) is 7.50. The molecule has 0 unspecified atom stereocenters. The normalized spacial score (nSPS) is 11.7. The van der Waals surface area contributed by atoms with Crippen LogP contribution in [-0.4, -0.2) is 13.4 Å². The van der Waals surface area contributed by atoms with Crippen LogP contribution in [0.4, 0.5) is 11.4 Å². The van der Waals surface area contributed by atoms with Crippen LogP contribution in [0, 0.1) is 6.92 Å². The lowest BCUT2D eigenvalue weighted by Gasteiger charge is -2.09. The standard InChI is InChI=1S/C14H13N3O3S/c1-9-16-12-8-10(6-7-13(12)20-9)17-21(18,19)14-5-3-2-4-11(14)15/h2-8,17H,15H2,1H3. The maximum Gasteiger partial charge on any atom is 0.263 e. The van der Waals surface area contributed by atoms with Gasteiger partial charge in [-0.3, -0.25) is 4.72 Å². The zero-order valence-electron chi connectivity index (χ0n) is 11.2. The lowest BCUT2D eigenvalue weighted by Crippen LogP contribution is -2.14. The second-order valence-electron chi connectivity index (χ2n) is 4.56.